The van der Waals surface area contributed by atoms with E-state index in [0.29, 0.717) is 35.0 Å². The Bertz CT molecular complexity index is 1410. The van der Waals surface area contributed by atoms with Crippen LogP contribution in [0, 0.1) is 0 Å². The Hall–Kier alpha value is -4.41. The van der Waals surface area contributed by atoms with E-state index in [0.717, 1.165) is 29.8 Å². The minimum Gasteiger partial charge on any atom is -0.481 e. The molecule has 1 amide bonds. The third-order valence-corrected chi connectivity index (χ3v) is 5.49. The van der Waals surface area contributed by atoms with Gasteiger partial charge in [-0.15, -0.1) is 0 Å². The SMILES string of the molecule is CN(C)c1nc(Cc2ccc(N[13C](=O)c3ccc(C(F)(F)F)cc3)cc2)n2ccnc2c1CC(=O)O. The zero-order chi connectivity index (χ0) is 26.0. The molecule has 0 unspecified atom stereocenters. The predicted octanol–water partition coefficient (Wildman–Crippen LogP) is 4.28. The van der Waals surface area contributed by atoms with Crippen LogP contribution < -0.4 is 10.2 Å². The third-order valence-electron chi connectivity index (χ3n) is 5.49. The summed E-state index contributed by atoms with van der Waals surface area (Å²) in [6.45, 7) is 0. The summed E-state index contributed by atoms with van der Waals surface area (Å²) >= 11 is 0. The van der Waals surface area contributed by atoms with Crippen molar-refractivity contribution in [3.05, 3.63) is 89.0 Å². The highest BCUT2D eigenvalue weighted by Gasteiger charge is 2.30. The van der Waals surface area contributed by atoms with Crippen LogP contribution in [0.25, 0.3) is 5.65 Å². The number of carboxylic acid groups (broad SMARTS) is 1. The molecule has 0 atom stereocenters. The molecule has 0 bridgehead atoms. The van der Waals surface area contributed by atoms with Crippen LogP contribution in [-0.4, -0.2) is 45.4 Å². The van der Waals surface area contributed by atoms with Crippen molar-refractivity contribution in [3.63, 3.8) is 0 Å². The fourth-order valence-electron chi connectivity index (χ4n) is 3.78. The van der Waals surface area contributed by atoms with Crippen LogP contribution in [0.3, 0.4) is 0 Å². The van der Waals surface area contributed by atoms with E-state index in [1.165, 1.54) is 0 Å². The molecule has 0 radical (unpaired) electrons. The first-order valence-corrected chi connectivity index (χ1v) is 10.8. The molecule has 0 aliphatic heterocycles. The number of halogens is 3. The quantitative estimate of drug-likeness (QED) is 0.369. The summed E-state index contributed by atoms with van der Waals surface area (Å²) in [6.07, 6.45) is -0.957. The summed E-state index contributed by atoms with van der Waals surface area (Å²) in [5.41, 5.74) is 1.68. The number of nitrogens with one attached hydrogen (secondary N) is 1. The van der Waals surface area contributed by atoms with Crippen LogP contribution in [0.4, 0.5) is 24.7 Å². The highest BCUT2D eigenvalue weighted by Crippen LogP contribution is 2.29. The molecule has 0 spiro atoms. The number of alkyl halides is 3. The molecule has 186 valence electrons. The number of nitrogens with zero attached hydrogens (tertiary/aromatic N) is 4. The minimum absolute atomic E-state index is 0.108. The fourth-order valence-corrected chi connectivity index (χ4v) is 3.78. The Kier molecular flexibility index (Phi) is 6.65. The van der Waals surface area contributed by atoms with Gasteiger partial charge >= 0.3 is 12.1 Å². The summed E-state index contributed by atoms with van der Waals surface area (Å²) in [4.78, 5) is 34.6. The summed E-state index contributed by atoms with van der Waals surface area (Å²) in [7, 11) is 3.57. The van der Waals surface area contributed by atoms with Gasteiger partial charge in [0.15, 0.2) is 0 Å². The summed E-state index contributed by atoms with van der Waals surface area (Å²) in [6, 6.07) is 11.0. The highest BCUT2D eigenvalue weighted by molar-refractivity contribution is 6.04. The van der Waals surface area contributed by atoms with E-state index in [1.807, 2.05) is 0 Å². The molecule has 0 saturated heterocycles. The number of imidazole rings is 1. The third kappa shape index (κ3) is 5.29. The van der Waals surface area contributed by atoms with Gasteiger partial charge < -0.3 is 15.3 Å². The lowest BCUT2D eigenvalue weighted by molar-refractivity contribution is -0.138. The Morgan fingerprint density at radius 1 is 1.06 bits per heavy atom. The molecular weight excluding hydrogens is 476 g/mol. The van der Waals surface area contributed by atoms with Gasteiger partial charge in [0, 0.05) is 49.7 Å². The van der Waals surface area contributed by atoms with Gasteiger partial charge in [-0.2, -0.15) is 13.2 Å². The largest absolute Gasteiger partial charge is 0.481 e. The van der Waals surface area contributed by atoms with Crippen LogP contribution in [-0.2, 0) is 23.8 Å². The maximum atomic E-state index is 12.7. The van der Waals surface area contributed by atoms with Crippen LogP contribution in [0.2, 0.25) is 0 Å². The number of carboxylic acids is 1. The fraction of sp³-hybridized carbons (Fsp3) is 0.200. The maximum Gasteiger partial charge on any atom is 0.416 e. The topological polar surface area (TPSA) is 99.8 Å². The van der Waals surface area contributed by atoms with Crippen LogP contribution in [0.5, 0.6) is 0 Å². The zero-order valence-electron chi connectivity index (χ0n) is 19.4. The lowest BCUT2D eigenvalue weighted by Crippen LogP contribution is -2.19. The lowest BCUT2D eigenvalue weighted by atomic mass is 10.1. The number of benzene rings is 2. The average molecular weight is 498 g/mol. The number of hydrogen-bond acceptors (Lipinski definition) is 5. The highest BCUT2D eigenvalue weighted by atomic mass is 19.4. The molecule has 8 nitrogen and oxygen atoms in total. The van der Waals surface area contributed by atoms with Crippen molar-refractivity contribution in [2.45, 2.75) is 19.0 Å². The summed E-state index contributed by atoms with van der Waals surface area (Å²) < 4.78 is 39.9. The van der Waals surface area contributed by atoms with Crippen molar-refractivity contribution in [3.8, 4) is 0 Å². The van der Waals surface area contributed by atoms with Crippen molar-refractivity contribution in [2.75, 3.05) is 24.3 Å². The van der Waals surface area contributed by atoms with Crippen molar-refractivity contribution >= 4 is 29.0 Å². The lowest BCUT2D eigenvalue weighted by Gasteiger charge is -2.18. The first kappa shape index (κ1) is 24.7. The molecule has 0 aliphatic carbocycles. The van der Waals surface area contributed by atoms with Crippen molar-refractivity contribution < 1.29 is 27.9 Å². The van der Waals surface area contributed by atoms with Crippen molar-refractivity contribution in [1.29, 1.82) is 0 Å². The van der Waals surface area contributed by atoms with Crippen LogP contribution in [0.15, 0.2) is 60.9 Å². The second-order valence-corrected chi connectivity index (χ2v) is 8.32. The molecular formula is C25H22F3N5O3. The molecule has 2 aromatic heterocycles. The molecule has 0 aliphatic rings. The second-order valence-electron chi connectivity index (χ2n) is 8.32. The molecule has 2 aromatic carbocycles. The zero-order valence-corrected chi connectivity index (χ0v) is 19.4. The number of amides is 1. The van der Waals surface area contributed by atoms with Crippen molar-refractivity contribution in [1.82, 2.24) is 14.4 Å². The molecule has 36 heavy (non-hydrogen) atoms. The minimum atomic E-state index is -4.47. The van der Waals surface area contributed by atoms with Gasteiger partial charge in [-0.25, -0.2) is 9.97 Å². The van der Waals surface area contributed by atoms with Crippen LogP contribution in [0.1, 0.15) is 32.9 Å². The smallest absolute Gasteiger partial charge is 0.416 e. The van der Waals surface area contributed by atoms with Crippen molar-refractivity contribution in [2.24, 2.45) is 0 Å². The van der Waals surface area contributed by atoms with E-state index in [4.69, 9.17) is 4.98 Å². The molecule has 2 heterocycles. The first-order valence-electron chi connectivity index (χ1n) is 10.8. The van der Waals surface area contributed by atoms with E-state index in [-0.39, 0.29) is 12.0 Å². The summed E-state index contributed by atoms with van der Waals surface area (Å²) in [5.74, 6) is -0.331. The standard InChI is InChI=1S/C25H22F3N5O3/c1-32(2)23-19(14-21(34)35)22-29-11-12-33(22)20(31-23)13-15-3-9-18(10-4-15)30-24(36)16-5-7-17(8-6-16)25(26,27)28/h3-12H,13-14H2,1-2H3,(H,30,36)(H,34,35)/i24+1. The van der Waals surface area contributed by atoms with Crippen LogP contribution >= 0.6 is 0 Å². The Labute approximate surface area is 204 Å². The number of rotatable bonds is 7. The molecule has 2 N–H and O–H groups in total. The van der Waals surface area contributed by atoms with E-state index >= 15 is 0 Å². The Morgan fingerprint density at radius 2 is 1.72 bits per heavy atom. The van der Waals surface area contributed by atoms with E-state index < -0.39 is 23.6 Å². The van der Waals surface area contributed by atoms with E-state index in [9.17, 15) is 27.9 Å². The van der Waals surface area contributed by atoms with Gasteiger partial charge in [0.2, 0.25) is 0 Å². The van der Waals surface area contributed by atoms with Gasteiger partial charge in [-0.1, -0.05) is 12.1 Å². The van der Waals surface area contributed by atoms with Gasteiger partial charge in [0.25, 0.3) is 5.91 Å². The Balaban J connectivity index is 1.53. The maximum absolute atomic E-state index is 12.7. The molecule has 0 fully saturated rings. The van der Waals surface area contributed by atoms with Gasteiger partial charge in [-0.05, 0) is 42.0 Å². The normalized spacial score (nSPS) is 11.5. The number of aromatic nitrogens is 3. The summed E-state index contributed by atoms with van der Waals surface area (Å²) in [5, 5.41) is 12.0. The number of hydrogen-bond donors (Lipinski definition) is 2. The Morgan fingerprint density at radius 3 is 2.31 bits per heavy atom. The molecule has 4 aromatic rings. The number of carbonyl (C=O) groups excluding carboxylic acids is 1. The monoisotopic (exact) mass is 498 g/mol. The number of aliphatic carboxylic acids is 1. The van der Waals surface area contributed by atoms with Gasteiger partial charge in [0.1, 0.15) is 17.3 Å². The predicted molar refractivity (Wildman–Crippen MR) is 127 cm³/mol. The van der Waals surface area contributed by atoms with Gasteiger partial charge in [0.05, 0.1) is 12.0 Å². The van der Waals surface area contributed by atoms with E-state index in [2.05, 4.69) is 10.3 Å². The number of fused-ring (bicyclic) bond motifs is 1. The van der Waals surface area contributed by atoms with E-state index in [1.54, 1.807) is 60.1 Å². The van der Waals surface area contributed by atoms with Gasteiger partial charge in [-0.3, -0.25) is 14.0 Å². The number of carbonyl (C=O) groups is 2. The first-order chi connectivity index (χ1) is 17.0. The average Bonchev–Trinajstić information content (AvgIpc) is 3.31. The number of anilines is 2. The molecule has 4 rings (SSSR count). The molecule has 11 heteroatoms. The second kappa shape index (κ2) is 9.68. The molecule has 0 saturated carbocycles.